The molecule has 1 saturated carbocycles. The maximum absolute atomic E-state index is 11.2. The van der Waals surface area contributed by atoms with E-state index in [0.717, 1.165) is 12.8 Å². The summed E-state index contributed by atoms with van der Waals surface area (Å²) < 4.78 is 3.73. The first-order valence-electron chi connectivity index (χ1n) is 4.15. The first-order chi connectivity index (χ1) is 5.93. The van der Waals surface area contributed by atoms with E-state index in [1.54, 1.807) is 7.11 Å². The highest BCUT2D eigenvalue weighted by Gasteiger charge is 2.35. The Morgan fingerprint density at radius 2 is 2.08 bits per heavy atom. The second-order valence-corrected chi connectivity index (χ2v) is 5.09. The maximum atomic E-state index is 11.2. The number of alkyl halides is 2. The predicted octanol–water partition coefficient (Wildman–Crippen LogP) is 1.47. The molecule has 0 bridgehead atoms. The molecule has 76 valence electrons. The number of methoxy groups -OCH3 is 1. The van der Waals surface area contributed by atoms with Crippen molar-refractivity contribution in [2.45, 2.75) is 36.2 Å². The topological polar surface area (TPSA) is 38.3 Å². The Hall–Kier alpha value is 0.01000. The van der Waals surface area contributed by atoms with E-state index in [1.165, 1.54) is 6.92 Å². The van der Waals surface area contributed by atoms with E-state index < -0.39 is 4.33 Å². The molecular formula is C8H13Cl2NO2. The fraction of sp³-hybridized carbons (Fsp3) is 0.875. The van der Waals surface area contributed by atoms with Crippen LogP contribution in [-0.2, 0) is 9.53 Å². The lowest BCUT2D eigenvalue weighted by atomic mass is 9.89. The molecule has 0 heterocycles. The largest absolute Gasteiger partial charge is 0.381 e. The quantitative estimate of drug-likeness (QED) is 0.740. The van der Waals surface area contributed by atoms with Crippen LogP contribution in [0.4, 0.5) is 0 Å². The molecule has 0 saturated heterocycles. The highest BCUT2D eigenvalue weighted by molar-refractivity contribution is 6.57. The summed E-state index contributed by atoms with van der Waals surface area (Å²) >= 11 is 11.2. The Labute approximate surface area is 87.7 Å². The number of carbonyl (C=O) groups excluding carboxylic acids is 1. The summed E-state index contributed by atoms with van der Waals surface area (Å²) in [7, 11) is 1.66. The van der Waals surface area contributed by atoms with E-state index in [2.05, 4.69) is 5.32 Å². The average molecular weight is 226 g/mol. The van der Waals surface area contributed by atoms with E-state index in [-0.39, 0.29) is 18.1 Å². The number of carbonyl (C=O) groups is 1. The first-order valence-corrected chi connectivity index (χ1v) is 4.90. The minimum absolute atomic E-state index is 0.161. The van der Waals surface area contributed by atoms with Crippen LogP contribution in [0.3, 0.4) is 0 Å². The summed E-state index contributed by atoms with van der Waals surface area (Å²) in [5, 5.41) is 2.74. The average Bonchev–Trinajstić information content (AvgIpc) is 1.93. The third-order valence-electron chi connectivity index (χ3n) is 2.16. The fourth-order valence-electron chi connectivity index (χ4n) is 1.19. The van der Waals surface area contributed by atoms with E-state index in [9.17, 15) is 4.79 Å². The minimum atomic E-state index is -1.34. The van der Waals surface area contributed by atoms with Crippen molar-refractivity contribution in [3.63, 3.8) is 0 Å². The van der Waals surface area contributed by atoms with Crippen LogP contribution in [0.5, 0.6) is 0 Å². The third-order valence-corrected chi connectivity index (χ3v) is 2.51. The molecule has 0 spiro atoms. The van der Waals surface area contributed by atoms with Crippen molar-refractivity contribution in [3.05, 3.63) is 0 Å². The van der Waals surface area contributed by atoms with Crippen molar-refractivity contribution < 1.29 is 9.53 Å². The van der Waals surface area contributed by atoms with Gasteiger partial charge in [-0.15, -0.1) is 0 Å². The Kier molecular flexibility index (Phi) is 3.44. The molecule has 0 atom stereocenters. The van der Waals surface area contributed by atoms with Crippen molar-refractivity contribution in [1.82, 2.24) is 5.32 Å². The van der Waals surface area contributed by atoms with Gasteiger partial charge in [-0.05, 0) is 19.8 Å². The molecule has 0 aromatic rings. The smallest absolute Gasteiger partial charge is 0.256 e. The summed E-state index contributed by atoms with van der Waals surface area (Å²) in [6, 6.07) is 0.161. The number of hydrogen-bond acceptors (Lipinski definition) is 2. The van der Waals surface area contributed by atoms with Crippen LogP contribution in [0, 0.1) is 0 Å². The van der Waals surface area contributed by atoms with Crippen molar-refractivity contribution in [2.75, 3.05) is 7.11 Å². The SMILES string of the molecule is COC1CC(NC(=O)C(C)(Cl)Cl)C1. The number of halogens is 2. The zero-order valence-electron chi connectivity index (χ0n) is 7.64. The molecule has 3 nitrogen and oxygen atoms in total. The zero-order valence-corrected chi connectivity index (χ0v) is 9.15. The molecule has 0 aromatic heterocycles. The van der Waals surface area contributed by atoms with E-state index in [1.807, 2.05) is 0 Å². The van der Waals surface area contributed by atoms with Crippen molar-refractivity contribution in [2.24, 2.45) is 0 Å². The van der Waals surface area contributed by atoms with Gasteiger partial charge in [0.2, 0.25) is 0 Å². The lowest BCUT2D eigenvalue weighted by molar-refractivity contribution is -0.123. The Bertz CT molecular complexity index is 197. The van der Waals surface area contributed by atoms with Crippen LogP contribution in [0.2, 0.25) is 0 Å². The summed E-state index contributed by atoms with van der Waals surface area (Å²) in [6.07, 6.45) is 1.94. The van der Waals surface area contributed by atoms with Gasteiger partial charge in [0.25, 0.3) is 5.91 Å². The molecule has 1 aliphatic rings. The number of rotatable bonds is 3. The molecule has 0 unspecified atom stereocenters. The molecule has 1 rings (SSSR count). The summed E-state index contributed by atoms with van der Waals surface area (Å²) in [5.74, 6) is -0.338. The van der Waals surface area contributed by atoms with Gasteiger partial charge in [0.1, 0.15) is 0 Å². The summed E-state index contributed by atoms with van der Waals surface area (Å²) in [5.41, 5.74) is 0. The van der Waals surface area contributed by atoms with Gasteiger partial charge in [-0.1, -0.05) is 23.2 Å². The van der Waals surface area contributed by atoms with Crippen molar-refractivity contribution in [1.29, 1.82) is 0 Å². The Morgan fingerprint density at radius 3 is 2.46 bits per heavy atom. The predicted molar refractivity (Wildman–Crippen MR) is 52.1 cm³/mol. The van der Waals surface area contributed by atoms with Crippen LogP contribution in [-0.4, -0.2) is 29.5 Å². The van der Waals surface area contributed by atoms with Gasteiger partial charge in [-0.2, -0.15) is 0 Å². The van der Waals surface area contributed by atoms with Gasteiger partial charge in [0.05, 0.1) is 6.10 Å². The molecule has 5 heteroatoms. The molecule has 0 radical (unpaired) electrons. The second-order valence-electron chi connectivity index (χ2n) is 3.39. The molecule has 0 aromatic carbocycles. The van der Waals surface area contributed by atoms with Crippen LogP contribution in [0.15, 0.2) is 0 Å². The van der Waals surface area contributed by atoms with E-state index in [4.69, 9.17) is 27.9 Å². The molecule has 1 N–H and O–H groups in total. The number of nitrogens with one attached hydrogen (secondary N) is 1. The Balaban J connectivity index is 2.25. The highest BCUT2D eigenvalue weighted by atomic mass is 35.5. The van der Waals surface area contributed by atoms with Gasteiger partial charge >= 0.3 is 0 Å². The molecule has 1 amide bonds. The van der Waals surface area contributed by atoms with Gasteiger partial charge < -0.3 is 10.1 Å². The standard InChI is InChI=1S/C8H13Cl2NO2/c1-8(9,10)7(12)11-5-3-6(4-5)13-2/h5-6H,3-4H2,1-2H3,(H,11,12). The normalized spacial score (nSPS) is 28.0. The summed E-state index contributed by atoms with van der Waals surface area (Å²) in [6.45, 7) is 1.46. The van der Waals surface area contributed by atoms with Crippen molar-refractivity contribution >= 4 is 29.1 Å². The van der Waals surface area contributed by atoms with Crippen molar-refractivity contribution in [3.8, 4) is 0 Å². The molecule has 1 fully saturated rings. The molecule has 0 aliphatic heterocycles. The number of hydrogen-bond donors (Lipinski definition) is 1. The number of amides is 1. The third kappa shape index (κ3) is 3.01. The van der Waals surface area contributed by atoms with E-state index in [0.29, 0.717) is 0 Å². The van der Waals surface area contributed by atoms with Gasteiger partial charge in [-0.3, -0.25) is 4.79 Å². The lowest BCUT2D eigenvalue weighted by Crippen LogP contribution is -2.51. The van der Waals surface area contributed by atoms with Crippen LogP contribution in [0.25, 0.3) is 0 Å². The fourth-order valence-corrected chi connectivity index (χ4v) is 1.30. The minimum Gasteiger partial charge on any atom is -0.381 e. The lowest BCUT2D eigenvalue weighted by Gasteiger charge is -2.35. The van der Waals surface area contributed by atoms with Gasteiger partial charge in [0.15, 0.2) is 4.33 Å². The monoisotopic (exact) mass is 225 g/mol. The maximum Gasteiger partial charge on any atom is 0.256 e. The molecule has 13 heavy (non-hydrogen) atoms. The van der Waals surface area contributed by atoms with Gasteiger partial charge in [-0.25, -0.2) is 0 Å². The van der Waals surface area contributed by atoms with Crippen LogP contribution in [0.1, 0.15) is 19.8 Å². The second kappa shape index (κ2) is 4.03. The Morgan fingerprint density at radius 1 is 1.54 bits per heavy atom. The zero-order chi connectivity index (χ0) is 10.1. The summed E-state index contributed by atoms with van der Waals surface area (Å²) in [4.78, 5) is 11.2. The van der Waals surface area contributed by atoms with Gasteiger partial charge in [0, 0.05) is 13.2 Å². The molecular weight excluding hydrogens is 213 g/mol. The molecule has 1 aliphatic carbocycles. The van der Waals surface area contributed by atoms with E-state index >= 15 is 0 Å². The van der Waals surface area contributed by atoms with Crippen LogP contribution >= 0.6 is 23.2 Å². The highest BCUT2D eigenvalue weighted by Crippen LogP contribution is 2.25. The number of ether oxygens (including phenoxy) is 1. The van der Waals surface area contributed by atoms with Crippen LogP contribution < -0.4 is 5.32 Å². The first kappa shape index (κ1) is 11.1.